The zero-order valence-electron chi connectivity index (χ0n) is 17.4. The molecule has 162 valence electrons. The molecule has 3 rings (SSSR count). The minimum absolute atomic E-state index is 0.136. The van der Waals surface area contributed by atoms with Gasteiger partial charge in [-0.2, -0.15) is 0 Å². The highest BCUT2D eigenvalue weighted by Gasteiger charge is 2.74. The van der Waals surface area contributed by atoms with E-state index in [2.05, 4.69) is 0 Å². The molecule has 0 radical (unpaired) electrons. The molecular formula is C22H27NO7. The van der Waals surface area contributed by atoms with Gasteiger partial charge in [0, 0.05) is 24.0 Å². The third kappa shape index (κ3) is 3.24. The Labute approximate surface area is 174 Å². The molecule has 0 aromatic heterocycles. The Morgan fingerprint density at radius 2 is 2.00 bits per heavy atom. The molecule has 2 fully saturated rings. The fourth-order valence-electron chi connectivity index (χ4n) is 5.36. The van der Waals surface area contributed by atoms with Crippen LogP contribution in [0.15, 0.2) is 35.5 Å². The number of cyclic esters (lactones) is 1. The zero-order valence-corrected chi connectivity index (χ0v) is 17.4. The summed E-state index contributed by atoms with van der Waals surface area (Å²) in [6, 6.07) is 0. The Kier molecular flexibility index (Phi) is 5.39. The summed E-state index contributed by atoms with van der Waals surface area (Å²) in [6.45, 7) is 4.51. The van der Waals surface area contributed by atoms with Crippen molar-refractivity contribution in [2.45, 2.75) is 64.1 Å². The molecule has 1 amide bonds. The number of amides is 1. The van der Waals surface area contributed by atoms with Gasteiger partial charge in [0.1, 0.15) is 16.6 Å². The average Bonchev–Trinajstić information content (AvgIpc) is 2.78. The van der Waals surface area contributed by atoms with E-state index < -0.39 is 40.4 Å². The number of hydrogen-bond donors (Lipinski definition) is 2. The summed E-state index contributed by atoms with van der Waals surface area (Å²) in [6.07, 6.45) is 8.14. The molecule has 0 unspecified atom stereocenters. The van der Waals surface area contributed by atoms with Crippen molar-refractivity contribution in [2.75, 3.05) is 0 Å². The van der Waals surface area contributed by atoms with Crippen molar-refractivity contribution in [1.82, 2.24) is 0 Å². The molecule has 0 spiro atoms. The number of carbonyl (C=O) groups excluding carboxylic acids is 3. The monoisotopic (exact) mass is 417 g/mol. The molecule has 8 heteroatoms. The third-order valence-corrected chi connectivity index (χ3v) is 6.84. The second kappa shape index (κ2) is 7.41. The molecule has 0 aromatic carbocycles. The highest BCUT2D eigenvalue weighted by molar-refractivity contribution is 5.92. The number of carbonyl (C=O) groups is 4. The van der Waals surface area contributed by atoms with Gasteiger partial charge in [-0.1, -0.05) is 18.2 Å². The lowest BCUT2D eigenvalue weighted by atomic mass is 9.62. The fourth-order valence-corrected chi connectivity index (χ4v) is 5.36. The van der Waals surface area contributed by atoms with Crippen LogP contribution < -0.4 is 5.73 Å². The minimum Gasteiger partial charge on any atom is -0.478 e. The van der Waals surface area contributed by atoms with Gasteiger partial charge in [0.05, 0.1) is 0 Å². The highest BCUT2D eigenvalue weighted by atomic mass is 16.6. The minimum atomic E-state index is -1.13. The van der Waals surface area contributed by atoms with Crippen molar-refractivity contribution in [2.24, 2.45) is 17.1 Å². The summed E-state index contributed by atoms with van der Waals surface area (Å²) >= 11 is 0. The number of carboxylic acid groups (broad SMARTS) is 1. The third-order valence-electron chi connectivity index (χ3n) is 6.84. The maximum absolute atomic E-state index is 13.3. The lowest BCUT2D eigenvalue weighted by molar-refractivity contribution is -0.235. The number of aliphatic carboxylic acids is 1. The van der Waals surface area contributed by atoms with E-state index in [0.717, 1.165) is 0 Å². The molecule has 1 aliphatic heterocycles. The quantitative estimate of drug-likeness (QED) is 0.398. The topological polar surface area (TPSA) is 133 Å². The van der Waals surface area contributed by atoms with Crippen LogP contribution in [0.1, 0.15) is 52.9 Å². The first kappa shape index (κ1) is 21.8. The Balaban J connectivity index is 2.08. The van der Waals surface area contributed by atoms with Crippen molar-refractivity contribution in [3.63, 3.8) is 0 Å². The highest BCUT2D eigenvalue weighted by Crippen LogP contribution is 2.65. The van der Waals surface area contributed by atoms with Crippen LogP contribution in [0.4, 0.5) is 0 Å². The van der Waals surface area contributed by atoms with Crippen LogP contribution in [-0.4, -0.2) is 40.1 Å². The molecule has 30 heavy (non-hydrogen) atoms. The van der Waals surface area contributed by atoms with Crippen LogP contribution in [0.25, 0.3) is 0 Å². The molecule has 3 aliphatic rings. The van der Waals surface area contributed by atoms with Crippen molar-refractivity contribution in [3.05, 3.63) is 35.5 Å². The normalized spacial score (nSPS) is 35.8. The molecule has 2 aliphatic carbocycles. The van der Waals surface area contributed by atoms with Gasteiger partial charge in [-0.3, -0.25) is 14.4 Å². The number of hydrogen-bond acceptors (Lipinski definition) is 6. The number of primary amides is 1. The number of allylic oxidation sites excluding steroid dienone is 3. The Morgan fingerprint density at radius 3 is 2.60 bits per heavy atom. The predicted molar refractivity (Wildman–Crippen MR) is 106 cm³/mol. The van der Waals surface area contributed by atoms with Crippen LogP contribution in [0.3, 0.4) is 0 Å². The maximum Gasteiger partial charge on any atom is 0.331 e. The summed E-state index contributed by atoms with van der Waals surface area (Å²) in [5.74, 6) is -2.93. The first-order chi connectivity index (χ1) is 14.0. The van der Waals surface area contributed by atoms with Crippen LogP contribution >= 0.6 is 0 Å². The van der Waals surface area contributed by atoms with E-state index in [9.17, 15) is 19.2 Å². The lowest BCUT2D eigenvalue weighted by Gasteiger charge is -2.54. The van der Waals surface area contributed by atoms with Gasteiger partial charge in [0.15, 0.2) is 0 Å². The largest absolute Gasteiger partial charge is 0.478 e. The standard InChI is InChI=1S/C22H27NO7/c1-13(18(26)27)5-4-9-20(3)16-8-11-21(19(28)30-20)10-6-15(17(23)25)7-12-22(16,21)29-14(2)24/h4-6,9,16H,7-8,10-12H2,1-3H3,(H2,23,25)(H,26,27)/b9-4+,13-5+/t16-,20+,21+,22-/m0/s1. The van der Waals surface area contributed by atoms with E-state index in [1.165, 1.54) is 19.9 Å². The summed E-state index contributed by atoms with van der Waals surface area (Å²) in [7, 11) is 0. The average molecular weight is 417 g/mol. The van der Waals surface area contributed by atoms with Gasteiger partial charge in [-0.05, 0) is 52.0 Å². The summed E-state index contributed by atoms with van der Waals surface area (Å²) in [4.78, 5) is 48.3. The number of carboxylic acids is 1. The smallest absolute Gasteiger partial charge is 0.331 e. The van der Waals surface area contributed by atoms with Crippen molar-refractivity contribution in [3.8, 4) is 0 Å². The van der Waals surface area contributed by atoms with Gasteiger partial charge in [-0.15, -0.1) is 0 Å². The van der Waals surface area contributed by atoms with Gasteiger partial charge in [-0.25, -0.2) is 4.79 Å². The molecule has 1 saturated heterocycles. The Morgan fingerprint density at radius 1 is 1.30 bits per heavy atom. The summed E-state index contributed by atoms with van der Waals surface area (Å²) in [5, 5.41) is 9.04. The van der Waals surface area contributed by atoms with E-state index >= 15 is 0 Å². The number of rotatable bonds is 5. The number of nitrogens with two attached hydrogens (primary N) is 1. The SMILES string of the molecule is CC(=O)O[C@]12CCC(C(N)=O)=CC[C@]13CC[C@H]2[C@@](C)(/C=C/C=C(\C)C(=O)O)OC3=O. The molecule has 1 heterocycles. The Hall–Kier alpha value is -2.90. The molecule has 8 nitrogen and oxygen atoms in total. The summed E-state index contributed by atoms with van der Waals surface area (Å²) in [5.41, 5.74) is 2.73. The second-order valence-electron chi connectivity index (χ2n) is 8.54. The van der Waals surface area contributed by atoms with Gasteiger partial charge in [0.2, 0.25) is 5.91 Å². The first-order valence-corrected chi connectivity index (χ1v) is 9.99. The molecule has 2 bridgehead atoms. The second-order valence-corrected chi connectivity index (χ2v) is 8.54. The molecule has 0 aromatic rings. The molecule has 1 saturated carbocycles. The van der Waals surface area contributed by atoms with Gasteiger partial charge >= 0.3 is 17.9 Å². The summed E-state index contributed by atoms with van der Waals surface area (Å²) < 4.78 is 11.8. The zero-order chi connectivity index (χ0) is 22.3. The fraction of sp³-hybridized carbons (Fsp3) is 0.545. The molecular weight excluding hydrogens is 390 g/mol. The molecule has 4 atom stereocenters. The Bertz CT molecular complexity index is 901. The van der Waals surface area contributed by atoms with E-state index in [4.69, 9.17) is 20.3 Å². The lowest BCUT2D eigenvalue weighted by Crippen LogP contribution is -2.65. The van der Waals surface area contributed by atoms with Crippen LogP contribution in [0, 0.1) is 11.3 Å². The number of esters is 2. The number of ether oxygens (including phenoxy) is 2. The van der Waals surface area contributed by atoms with E-state index in [1.807, 2.05) is 0 Å². The first-order valence-electron chi connectivity index (χ1n) is 9.99. The van der Waals surface area contributed by atoms with Crippen molar-refractivity contribution >= 4 is 23.8 Å². The molecule has 3 N–H and O–H groups in total. The van der Waals surface area contributed by atoms with Gasteiger partial charge < -0.3 is 20.3 Å². The van der Waals surface area contributed by atoms with Crippen LogP contribution in [0.2, 0.25) is 0 Å². The van der Waals surface area contributed by atoms with E-state index in [1.54, 1.807) is 25.2 Å². The van der Waals surface area contributed by atoms with Crippen molar-refractivity contribution < 1.29 is 33.8 Å². The maximum atomic E-state index is 13.3. The van der Waals surface area contributed by atoms with Crippen LogP contribution in [0.5, 0.6) is 0 Å². The van der Waals surface area contributed by atoms with Gasteiger partial charge in [0.25, 0.3) is 0 Å². The van der Waals surface area contributed by atoms with E-state index in [0.29, 0.717) is 24.8 Å². The van der Waals surface area contributed by atoms with E-state index in [-0.39, 0.29) is 24.3 Å². The van der Waals surface area contributed by atoms with Crippen LogP contribution in [-0.2, 0) is 28.7 Å². The van der Waals surface area contributed by atoms with Crippen molar-refractivity contribution in [1.29, 1.82) is 0 Å². The predicted octanol–water partition coefficient (Wildman–Crippen LogP) is 2.18.